The number of para-hydroxylation sites is 2. The topological polar surface area (TPSA) is 55.2 Å². The molecule has 0 amide bonds. The quantitative estimate of drug-likeness (QED) is 0.608. The molecule has 3 fully saturated rings. The van der Waals surface area contributed by atoms with Crippen molar-refractivity contribution >= 4 is 11.4 Å². The van der Waals surface area contributed by atoms with E-state index in [4.69, 9.17) is 0 Å². The van der Waals surface area contributed by atoms with Crippen molar-refractivity contribution < 1.29 is 4.92 Å². The molecule has 1 aromatic rings. The molecule has 0 radical (unpaired) electrons. The zero-order valence-corrected chi connectivity index (χ0v) is 8.27. The molecule has 0 unspecified atom stereocenters. The number of benzene rings is 1. The van der Waals surface area contributed by atoms with E-state index in [-0.39, 0.29) is 16.1 Å². The van der Waals surface area contributed by atoms with E-state index in [2.05, 4.69) is 5.32 Å². The summed E-state index contributed by atoms with van der Waals surface area (Å²) in [5.41, 5.74) is 1.04. The van der Waals surface area contributed by atoms with E-state index in [0.29, 0.717) is 5.69 Å². The van der Waals surface area contributed by atoms with Gasteiger partial charge in [0.15, 0.2) is 0 Å². The number of nitrogens with one attached hydrogen (secondary N) is 1. The van der Waals surface area contributed by atoms with Crippen LogP contribution in [-0.2, 0) is 0 Å². The Labute approximate surface area is 87.4 Å². The van der Waals surface area contributed by atoms with Crippen LogP contribution in [0.4, 0.5) is 11.4 Å². The summed E-state index contributed by atoms with van der Waals surface area (Å²) in [6.45, 7) is 0. The fraction of sp³-hybridized carbons (Fsp3) is 0.455. The van der Waals surface area contributed by atoms with Crippen LogP contribution in [0.3, 0.4) is 0 Å². The molecule has 0 spiro atoms. The summed E-state index contributed by atoms with van der Waals surface area (Å²) in [5.74, 6) is 0.875. The average molecular weight is 204 g/mol. The summed E-state index contributed by atoms with van der Waals surface area (Å²) in [6.07, 6.45) is 3.54. The van der Waals surface area contributed by atoms with E-state index >= 15 is 0 Å². The highest BCUT2D eigenvalue weighted by Gasteiger charge is 2.56. The molecule has 4 heteroatoms. The van der Waals surface area contributed by atoms with E-state index in [1.54, 1.807) is 18.2 Å². The first kappa shape index (κ1) is 8.71. The van der Waals surface area contributed by atoms with Crippen LogP contribution in [0.2, 0.25) is 0 Å². The Balaban J connectivity index is 1.87. The summed E-state index contributed by atoms with van der Waals surface area (Å²) in [4.78, 5) is 10.5. The van der Waals surface area contributed by atoms with Gasteiger partial charge in [-0.05, 0) is 31.2 Å². The zero-order valence-electron chi connectivity index (χ0n) is 8.27. The number of nitro benzene ring substituents is 1. The Morgan fingerprint density at radius 3 is 2.53 bits per heavy atom. The molecule has 78 valence electrons. The van der Waals surface area contributed by atoms with Crippen molar-refractivity contribution in [3.63, 3.8) is 0 Å². The molecule has 0 aromatic heterocycles. The third-order valence-corrected chi connectivity index (χ3v) is 3.54. The largest absolute Gasteiger partial charge is 0.374 e. The molecule has 4 rings (SSSR count). The molecule has 15 heavy (non-hydrogen) atoms. The monoisotopic (exact) mass is 204 g/mol. The van der Waals surface area contributed by atoms with Crippen LogP contribution in [0.1, 0.15) is 19.3 Å². The second-order valence-electron chi connectivity index (χ2n) is 4.66. The van der Waals surface area contributed by atoms with Crippen molar-refractivity contribution in [2.75, 3.05) is 5.32 Å². The molecule has 2 bridgehead atoms. The normalized spacial score (nSPS) is 31.3. The van der Waals surface area contributed by atoms with Gasteiger partial charge in [-0.2, -0.15) is 0 Å². The molecule has 0 heterocycles. The van der Waals surface area contributed by atoms with Crippen LogP contribution < -0.4 is 5.32 Å². The Bertz CT molecular complexity index is 413. The highest BCUT2D eigenvalue weighted by molar-refractivity contribution is 5.63. The molecule has 0 atom stereocenters. The fourth-order valence-corrected chi connectivity index (χ4v) is 2.66. The standard InChI is InChI=1S/C11H12N2O2/c14-13(15)10-4-2-1-3-9(10)12-11-5-8(6-11)7-11/h1-4,8,12H,5-7H2. The van der Waals surface area contributed by atoms with Gasteiger partial charge in [-0.3, -0.25) is 10.1 Å². The fourth-order valence-electron chi connectivity index (χ4n) is 2.66. The number of nitrogens with zero attached hydrogens (tertiary/aromatic N) is 1. The first-order valence-electron chi connectivity index (χ1n) is 5.20. The van der Waals surface area contributed by atoms with E-state index in [1.165, 1.54) is 19.3 Å². The molecule has 0 aliphatic heterocycles. The number of rotatable bonds is 3. The van der Waals surface area contributed by atoms with Gasteiger partial charge in [-0.15, -0.1) is 0 Å². The first-order chi connectivity index (χ1) is 7.19. The van der Waals surface area contributed by atoms with Crippen LogP contribution in [0.15, 0.2) is 24.3 Å². The third kappa shape index (κ3) is 1.21. The minimum Gasteiger partial charge on any atom is -0.374 e. The Morgan fingerprint density at radius 2 is 2.00 bits per heavy atom. The number of anilines is 1. The maximum Gasteiger partial charge on any atom is 0.292 e. The Kier molecular flexibility index (Phi) is 1.58. The van der Waals surface area contributed by atoms with Crippen molar-refractivity contribution in [2.24, 2.45) is 5.92 Å². The van der Waals surface area contributed by atoms with Crippen molar-refractivity contribution in [1.29, 1.82) is 0 Å². The van der Waals surface area contributed by atoms with E-state index in [1.807, 2.05) is 6.07 Å². The van der Waals surface area contributed by atoms with Gasteiger partial charge >= 0.3 is 0 Å². The lowest BCUT2D eigenvalue weighted by Gasteiger charge is -2.62. The van der Waals surface area contributed by atoms with Crippen LogP contribution in [0.25, 0.3) is 0 Å². The van der Waals surface area contributed by atoms with E-state index in [0.717, 1.165) is 5.92 Å². The van der Waals surface area contributed by atoms with Gasteiger partial charge in [0.1, 0.15) is 5.69 Å². The molecule has 3 saturated carbocycles. The second kappa shape index (κ2) is 2.72. The SMILES string of the molecule is O=[N+]([O-])c1ccccc1NC12CC(C1)C2. The molecular weight excluding hydrogens is 192 g/mol. The third-order valence-electron chi connectivity index (χ3n) is 3.54. The number of hydrogen-bond donors (Lipinski definition) is 1. The van der Waals surface area contributed by atoms with Gasteiger partial charge in [0.05, 0.1) is 4.92 Å². The average Bonchev–Trinajstić information content (AvgIpc) is 2.10. The van der Waals surface area contributed by atoms with E-state index in [9.17, 15) is 10.1 Å². The van der Waals surface area contributed by atoms with Gasteiger partial charge in [-0.25, -0.2) is 0 Å². The van der Waals surface area contributed by atoms with Gasteiger partial charge in [0, 0.05) is 11.6 Å². The van der Waals surface area contributed by atoms with Crippen LogP contribution >= 0.6 is 0 Å². The van der Waals surface area contributed by atoms with E-state index < -0.39 is 0 Å². The maximum atomic E-state index is 10.8. The summed E-state index contributed by atoms with van der Waals surface area (Å²) in [6, 6.07) is 6.87. The molecular formula is C11H12N2O2. The summed E-state index contributed by atoms with van der Waals surface area (Å²) < 4.78 is 0. The lowest BCUT2D eigenvalue weighted by molar-refractivity contribution is -0.384. The summed E-state index contributed by atoms with van der Waals surface area (Å²) in [5, 5.41) is 14.1. The summed E-state index contributed by atoms with van der Waals surface area (Å²) in [7, 11) is 0. The molecule has 1 aromatic carbocycles. The van der Waals surface area contributed by atoms with Gasteiger partial charge in [0.2, 0.25) is 0 Å². The predicted octanol–water partition coefficient (Wildman–Crippen LogP) is 2.56. The maximum absolute atomic E-state index is 10.8. The van der Waals surface area contributed by atoms with Crippen molar-refractivity contribution in [1.82, 2.24) is 0 Å². The predicted molar refractivity (Wildman–Crippen MR) is 56.8 cm³/mol. The Morgan fingerprint density at radius 1 is 1.33 bits per heavy atom. The summed E-state index contributed by atoms with van der Waals surface area (Å²) >= 11 is 0. The van der Waals surface area contributed by atoms with Gasteiger partial charge < -0.3 is 5.32 Å². The second-order valence-corrected chi connectivity index (χ2v) is 4.66. The molecule has 0 saturated heterocycles. The lowest BCUT2D eigenvalue weighted by Crippen LogP contribution is -2.63. The van der Waals surface area contributed by atoms with Crippen LogP contribution in [0, 0.1) is 16.0 Å². The molecule has 4 nitrogen and oxygen atoms in total. The smallest absolute Gasteiger partial charge is 0.292 e. The van der Waals surface area contributed by atoms with Crippen molar-refractivity contribution in [3.05, 3.63) is 34.4 Å². The Hall–Kier alpha value is -1.58. The highest BCUT2D eigenvalue weighted by atomic mass is 16.6. The zero-order chi connectivity index (χ0) is 10.5. The molecule has 3 aliphatic rings. The van der Waals surface area contributed by atoms with Crippen molar-refractivity contribution in [2.45, 2.75) is 24.8 Å². The first-order valence-corrected chi connectivity index (χ1v) is 5.20. The number of nitro groups is 1. The molecule has 3 aliphatic carbocycles. The molecule has 1 N–H and O–H groups in total. The van der Waals surface area contributed by atoms with Crippen molar-refractivity contribution in [3.8, 4) is 0 Å². The van der Waals surface area contributed by atoms with Gasteiger partial charge in [0.25, 0.3) is 5.69 Å². The lowest BCUT2D eigenvalue weighted by atomic mass is 9.50. The number of hydrogen-bond acceptors (Lipinski definition) is 3. The minimum absolute atomic E-state index is 0.183. The highest BCUT2D eigenvalue weighted by Crippen LogP contribution is 2.58. The minimum atomic E-state index is -0.326. The van der Waals surface area contributed by atoms with Crippen LogP contribution in [-0.4, -0.2) is 10.5 Å². The van der Waals surface area contributed by atoms with Crippen LogP contribution in [0.5, 0.6) is 0 Å². The van der Waals surface area contributed by atoms with Gasteiger partial charge in [-0.1, -0.05) is 12.1 Å².